The highest BCUT2D eigenvalue weighted by molar-refractivity contribution is 9.10. The highest BCUT2D eigenvalue weighted by atomic mass is 79.9. The van der Waals surface area contributed by atoms with Crippen LogP contribution in [0.2, 0.25) is 0 Å². The number of rotatable bonds is 7. The van der Waals surface area contributed by atoms with Crippen LogP contribution in [0.4, 0.5) is 23.2 Å². The number of benzene rings is 2. The molecule has 0 aliphatic carbocycles. The number of hydrogen-bond donors (Lipinski definition) is 2. The van der Waals surface area contributed by atoms with Crippen molar-refractivity contribution in [1.29, 1.82) is 0 Å². The van der Waals surface area contributed by atoms with Crippen LogP contribution < -0.4 is 10.3 Å². The quantitative estimate of drug-likeness (QED) is 0.291. The molecule has 2 aromatic carbocycles. The van der Waals surface area contributed by atoms with Crippen molar-refractivity contribution < 1.29 is 27.4 Å². The van der Waals surface area contributed by atoms with Gasteiger partial charge in [0.15, 0.2) is 5.60 Å². The van der Waals surface area contributed by atoms with Crippen LogP contribution in [0.5, 0.6) is 5.75 Å². The lowest BCUT2D eigenvalue weighted by molar-refractivity contribution is -0.232. The third kappa shape index (κ3) is 5.44. The van der Waals surface area contributed by atoms with Gasteiger partial charge in [0, 0.05) is 28.2 Å². The number of pyridine rings is 1. The Labute approximate surface area is 195 Å². The first-order valence-corrected chi connectivity index (χ1v) is 10.8. The van der Waals surface area contributed by atoms with Crippen LogP contribution in [-0.2, 0) is 0 Å². The minimum Gasteiger partial charge on any atom is -0.496 e. The molecule has 3 aromatic rings. The standard InChI is InChI=1S/C23H21BrF4N2O3/c1-3-13(16-5-4-14(24)8-20(16)33-2)11-22(32,23(26,27)28)12-29-18-9-15(25)10-19-17(18)6-7-21(31)30-19/h4-10,12-13,32H,3,11H2,1-2H3,(H,30,31)/b29-12+. The molecule has 0 aliphatic heterocycles. The summed E-state index contributed by atoms with van der Waals surface area (Å²) in [6, 6.07) is 9.42. The lowest BCUT2D eigenvalue weighted by Crippen LogP contribution is -2.47. The highest BCUT2D eigenvalue weighted by Crippen LogP contribution is 2.42. The Morgan fingerprint density at radius 1 is 1.21 bits per heavy atom. The van der Waals surface area contributed by atoms with Crippen LogP contribution in [0, 0.1) is 5.82 Å². The Balaban J connectivity index is 2.05. The number of aromatic amines is 1. The van der Waals surface area contributed by atoms with E-state index in [1.807, 2.05) is 0 Å². The van der Waals surface area contributed by atoms with Gasteiger partial charge in [-0.3, -0.25) is 9.79 Å². The minimum atomic E-state index is -5.05. The molecule has 176 valence electrons. The Bertz CT molecular complexity index is 1240. The van der Waals surface area contributed by atoms with Gasteiger partial charge in [0.25, 0.3) is 0 Å². The number of alkyl halides is 3. The van der Waals surface area contributed by atoms with Crippen molar-refractivity contribution in [3.05, 3.63) is 68.7 Å². The number of halogens is 5. The largest absolute Gasteiger partial charge is 0.496 e. The van der Waals surface area contributed by atoms with Crippen LogP contribution in [0.15, 0.2) is 56.7 Å². The van der Waals surface area contributed by atoms with Crippen molar-refractivity contribution in [2.75, 3.05) is 7.11 Å². The minimum absolute atomic E-state index is 0.0798. The van der Waals surface area contributed by atoms with Crippen LogP contribution >= 0.6 is 15.9 Å². The summed E-state index contributed by atoms with van der Waals surface area (Å²) in [7, 11) is 1.41. The van der Waals surface area contributed by atoms with Gasteiger partial charge >= 0.3 is 6.18 Å². The van der Waals surface area contributed by atoms with Crippen molar-refractivity contribution in [3.63, 3.8) is 0 Å². The summed E-state index contributed by atoms with van der Waals surface area (Å²) in [6.07, 6.45) is -5.10. The average molecular weight is 529 g/mol. The van der Waals surface area contributed by atoms with Gasteiger partial charge in [0.1, 0.15) is 11.6 Å². The lowest BCUT2D eigenvalue weighted by atomic mass is 9.84. The Hall–Kier alpha value is -2.72. The average Bonchev–Trinajstić information content (AvgIpc) is 2.74. The number of aliphatic imine (C=N–C) groups is 1. The highest BCUT2D eigenvalue weighted by Gasteiger charge is 2.53. The first kappa shape index (κ1) is 24.9. The summed E-state index contributed by atoms with van der Waals surface area (Å²) in [5, 5.41) is 10.9. The van der Waals surface area contributed by atoms with Gasteiger partial charge in [-0.05, 0) is 48.6 Å². The molecule has 1 heterocycles. The van der Waals surface area contributed by atoms with E-state index in [0.717, 1.165) is 18.2 Å². The van der Waals surface area contributed by atoms with Gasteiger partial charge in [-0.25, -0.2) is 4.39 Å². The molecule has 0 spiro atoms. The molecule has 2 atom stereocenters. The number of methoxy groups -OCH3 is 1. The van der Waals surface area contributed by atoms with Crippen molar-refractivity contribution in [2.45, 2.75) is 37.5 Å². The monoisotopic (exact) mass is 528 g/mol. The molecule has 0 bridgehead atoms. The maximum Gasteiger partial charge on any atom is 0.422 e. The molecule has 0 fully saturated rings. The van der Waals surface area contributed by atoms with Gasteiger partial charge in [0.2, 0.25) is 5.56 Å². The van der Waals surface area contributed by atoms with E-state index in [4.69, 9.17) is 4.74 Å². The summed E-state index contributed by atoms with van der Waals surface area (Å²) in [4.78, 5) is 17.7. The predicted molar refractivity (Wildman–Crippen MR) is 122 cm³/mol. The van der Waals surface area contributed by atoms with E-state index in [-0.39, 0.29) is 23.0 Å². The number of nitrogens with one attached hydrogen (secondary N) is 1. The zero-order valence-corrected chi connectivity index (χ0v) is 19.3. The SMILES string of the molecule is CCC(CC(O)(/C=N/c1cc(F)cc2[nH]c(=O)ccc12)C(F)(F)F)c1ccc(Br)cc1OC. The molecule has 0 amide bonds. The molecule has 0 saturated heterocycles. The second kappa shape index (κ2) is 9.64. The number of nitrogens with zero attached hydrogens (tertiary/aromatic N) is 1. The number of hydrogen-bond acceptors (Lipinski definition) is 4. The van der Waals surface area contributed by atoms with Gasteiger partial charge < -0.3 is 14.8 Å². The first-order valence-electron chi connectivity index (χ1n) is 9.97. The van der Waals surface area contributed by atoms with Gasteiger partial charge in [-0.15, -0.1) is 0 Å². The van der Waals surface area contributed by atoms with Gasteiger partial charge in [-0.1, -0.05) is 28.9 Å². The lowest BCUT2D eigenvalue weighted by Gasteiger charge is -2.31. The summed E-state index contributed by atoms with van der Waals surface area (Å²) < 4.78 is 62.0. The van der Waals surface area contributed by atoms with E-state index in [2.05, 4.69) is 25.9 Å². The zero-order valence-electron chi connectivity index (χ0n) is 17.7. The fraction of sp³-hybridized carbons (Fsp3) is 0.304. The molecule has 5 nitrogen and oxygen atoms in total. The van der Waals surface area contributed by atoms with E-state index >= 15 is 0 Å². The van der Waals surface area contributed by atoms with E-state index in [1.54, 1.807) is 25.1 Å². The summed E-state index contributed by atoms with van der Waals surface area (Å²) >= 11 is 3.30. The van der Waals surface area contributed by atoms with Gasteiger partial charge in [-0.2, -0.15) is 13.2 Å². The maximum absolute atomic E-state index is 14.0. The second-order valence-corrected chi connectivity index (χ2v) is 8.50. The predicted octanol–water partition coefficient (Wildman–Crippen LogP) is 6.02. The van der Waals surface area contributed by atoms with Crippen molar-refractivity contribution in [3.8, 4) is 5.75 Å². The van der Waals surface area contributed by atoms with E-state index in [9.17, 15) is 27.5 Å². The second-order valence-electron chi connectivity index (χ2n) is 7.58. The molecule has 33 heavy (non-hydrogen) atoms. The summed E-state index contributed by atoms with van der Waals surface area (Å²) in [5.41, 5.74) is -3.36. The number of aromatic nitrogens is 1. The van der Waals surface area contributed by atoms with Crippen molar-refractivity contribution in [1.82, 2.24) is 4.98 Å². The van der Waals surface area contributed by atoms with Gasteiger partial charge in [0.05, 0.1) is 18.3 Å². The van der Waals surface area contributed by atoms with Crippen LogP contribution in [-0.4, -0.2) is 35.2 Å². The van der Waals surface area contributed by atoms with Crippen LogP contribution in [0.25, 0.3) is 10.9 Å². The smallest absolute Gasteiger partial charge is 0.422 e. The molecule has 0 aliphatic rings. The molecule has 0 radical (unpaired) electrons. The molecular weight excluding hydrogens is 508 g/mol. The molecule has 2 unspecified atom stereocenters. The normalized spacial score (nSPS) is 15.0. The van der Waals surface area contributed by atoms with E-state index < -0.39 is 35.5 Å². The van der Waals surface area contributed by atoms with E-state index in [0.29, 0.717) is 22.0 Å². The topological polar surface area (TPSA) is 74.7 Å². The molecule has 0 saturated carbocycles. The van der Waals surface area contributed by atoms with Crippen LogP contribution in [0.1, 0.15) is 31.2 Å². The number of ether oxygens (including phenoxy) is 1. The maximum atomic E-state index is 14.0. The first-order chi connectivity index (χ1) is 15.5. The number of fused-ring (bicyclic) bond motifs is 1. The number of aliphatic hydroxyl groups is 1. The Morgan fingerprint density at radius 3 is 2.58 bits per heavy atom. The third-order valence-electron chi connectivity index (χ3n) is 5.38. The van der Waals surface area contributed by atoms with Crippen molar-refractivity contribution >= 4 is 38.7 Å². The molecular formula is C23H21BrF4N2O3. The molecule has 10 heteroatoms. The Morgan fingerprint density at radius 2 is 1.94 bits per heavy atom. The fourth-order valence-corrected chi connectivity index (χ4v) is 3.95. The molecule has 3 rings (SSSR count). The van der Waals surface area contributed by atoms with E-state index in [1.165, 1.54) is 13.2 Å². The fourth-order valence-electron chi connectivity index (χ4n) is 3.61. The molecule has 1 aromatic heterocycles. The Kier molecular flexibility index (Phi) is 7.28. The van der Waals surface area contributed by atoms with Crippen molar-refractivity contribution in [2.24, 2.45) is 4.99 Å². The summed E-state index contributed by atoms with van der Waals surface area (Å²) in [5.74, 6) is -1.12. The van der Waals surface area contributed by atoms with Crippen LogP contribution in [0.3, 0.4) is 0 Å². The third-order valence-corrected chi connectivity index (χ3v) is 5.87. The zero-order chi connectivity index (χ0) is 24.4. The summed E-state index contributed by atoms with van der Waals surface area (Å²) in [6.45, 7) is 1.70. The number of H-pyrrole nitrogens is 1. The molecule has 2 N–H and O–H groups in total.